The fourth-order valence-corrected chi connectivity index (χ4v) is 4.09. The van der Waals surface area contributed by atoms with Crippen molar-refractivity contribution in [2.75, 3.05) is 23.4 Å². The highest BCUT2D eigenvalue weighted by Crippen LogP contribution is 2.30. The van der Waals surface area contributed by atoms with Gasteiger partial charge in [-0.15, -0.1) is 0 Å². The van der Waals surface area contributed by atoms with Gasteiger partial charge in [0.1, 0.15) is 11.8 Å². The van der Waals surface area contributed by atoms with Crippen LogP contribution in [-0.4, -0.2) is 31.3 Å². The minimum Gasteiger partial charge on any atom is -0.493 e. The SMILES string of the molecule is C[C@H]1[C@H](NC(=O)Nc2ccc3c(c2)CCO3)CCN1c1ccc(C#N)c(Cl)c1. The van der Waals surface area contributed by atoms with Gasteiger partial charge in [0.2, 0.25) is 0 Å². The van der Waals surface area contributed by atoms with Crippen LogP contribution in [0.15, 0.2) is 36.4 Å². The number of hydrogen-bond donors (Lipinski definition) is 2. The van der Waals surface area contributed by atoms with Gasteiger partial charge in [0, 0.05) is 30.4 Å². The highest BCUT2D eigenvalue weighted by atomic mass is 35.5. The second-order valence-electron chi connectivity index (χ2n) is 7.12. The summed E-state index contributed by atoms with van der Waals surface area (Å²) in [5, 5.41) is 15.5. The van der Waals surface area contributed by atoms with Crippen molar-refractivity contribution in [3.8, 4) is 11.8 Å². The molecule has 2 atom stereocenters. The van der Waals surface area contributed by atoms with Gasteiger partial charge in [-0.2, -0.15) is 5.26 Å². The quantitative estimate of drug-likeness (QED) is 0.823. The van der Waals surface area contributed by atoms with Crippen molar-refractivity contribution < 1.29 is 9.53 Å². The maximum atomic E-state index is 12.5. The van der Waals surface area contributed by atoms with E-state index >= 15 is 0 Å². The summed E-state index contributed by atoms with van der Waals surface area (Å²) < 4.78 is 5.50. The number of nitrogens with zero attached hydrogens (tertiary/aromatic N) is 2. The van der Waals surface area contributed by atoms with Crippen LogP contribution in [0.2, 0.25) is 5.02 Å². The van der Waals surface area contributed by atoms with Crippen molar-refractivity contribution in [2.45, 2.75) is 31.8 Å². The minimum atomic E-state index is -0.213. The number of anilines is 2. The molecule has 2 heterocycles. The molecule has 2 aliphatic rings. The number of carbonyl (C=O) groups excluding carboxylic acids is 1. The number of amides is 2. The van der Waals surface area contributed by atoms with Crippen molar-refractivity contribution in [3.05, 3.63) is 52.5 Å². The van der Waals surface area contributed by atoms with E-state index in [0.29, 0.717) is 17.2 Å². The van der Waals surface area contributed by atoms with Crippen LogP contribution in [0.25, 0.3) is 0 Å². The van der Waals surface area contributed by atoms with Gasteiger partial charge >= 0.3 is 6.03 Å². The molecule has 2 amide bonds. The van der Waals surface area contributed by atoms with Gasteiger partial charge in [-0.1, -0.05) is 11.6 Å². The molecule has 4 rings (SSSR count). The van der Waals surface area contributed by atoms with Gasteiger partial charge in [-0.05, 0) is 55.3 Å². The number of carbonyl (C=O) groups is 1. The van der Waals surface area contributed by atoms with Gasteiger partial charge in [0.15, 0.2) is 0 Å². The summed E-state index contributed by atoms with van der Waals surface area (Å²) in [5.41, 5.74) is 3.31. The van der Waals surface area contributed by atoms with E-state index in [1.807, 2.05) is 30.3 Å². The van der Waals surface area contributed by atoms with E-state index in [2.05, 4.69) is 28.5 Å². The zero-order valence-corrected chi connectivity index (χ0v) is 16.3. The molecule has 0 bridgehead atoms. The Balaban J connectivity index is 1.38. The maximum absolute atomic E-state index is 12.5. The predicted octanol–water partition coefficient (Wildman–Crippen LogP) is 3.94. The lowest BCUT2D eigenvalue weighted by atomic mass is 10.1. The topological polar surface area (TPSA) is 77.4 Å². The summed E-state index contributed by atoms with van der Waals surface area (Å²) in [4.78, 5) is 14.7. The van der Waals surface area contributed by atoms with E-state index < -0.39 is 0 Å². The molecule has 7 heteroatoms. The molecular formula is C21H21ClN4O2. The number of urea groups is 1. The van der Waals surface area contributed by atoms with Crippen LogP contribution in [0.1, 0.15) is 24.5 Å². The Morgan fingerprint density at radius 1 is 1.32 bits per heavy atom. The van der Waals surface area contributed by atoms with E-state index in [1.165, 1.54) is 0 Å². The van der Waals surface area contributed by atoms with Crippen molar-refractivity contribution in [3.63, 3.8) is 0 Å². The number of benzene rings is 2. The van der Waals surface area contributed by atoms with Gasteiger partial charge in [-0.3, -0.25) is 0 Å². The first kappa shape index (κ1) is 18.5. The summed E-state index contributed by atoms with van der Waals surface area (Å²) in [5.74, 6) is 0.895. The number of rotatable bonds is 3. The van der Waals surface area contributed by atoms with Gasteiger partial charge in [0.05, 0.1) is 23.2 Å². The summed E-state index contributed by atoms with van der Waals surface area (Å²) in [6.45, 7) is 3.58. The highest BCUT2D eigenvalue weighted by molar-refractivity contribution is 6.32. The number of ether oxygens (including phenoxy) is 1. The lowest BCUT2D eigenvalue weighted by Crippen LogP contribution is -2.45. The molecule has 0 spiro atoms. The zero-order valence-electron chi connectivity index (χ0n) is 15.5. The molecule has 2 aromatic carbocycles. The van der Waals surface area contributed by atoms with Crippen LogP contribution in [0.3, 0.4) is 0 Å². The Hall–Kier alpha value is -2.91. The number of nitrogens with one attached hydrogen (secondary N) is 2. The van der Waals surface area contributed by atoms with Crippen LogP contribution in [-0.2, 0) is 6.42 Å². The molecule has 2 N–H and O–H groups in total. The lowest BCUT2D eigenvalue weighted by Gasteiger charge is -2.27. The Bertz CT molecular complexity index is 956. The molecule has 1 saturated heterocycles. The molecule has 0 saturated carbocycles. The predicted molar refractivity (Wildman–Crippen MR) is 109 cm³/mol. The average molecular weight is 397 g/mol. The van der Waals surface area contributed by atoms with Gasteiger partial charge in [-0.25, -0.2) is 4.79 Å². The normalized spacial score (nSPS) is 20.2. The summed E-state index contributed by atoms with van der Waals surface area (Å²) in [6.07, 6.45) is 1.71. The molecule has 1 fully saturated rings. The molecule has 6 nitrogen and oxygen atoms in total. The van der Waals surface area contributed by atoms with Crippen molar-refractivity contribution in [2.24, 2.45) is 0 Å². The fourth-order valence-electron chi connectivity index (χ4n) is 3.87. The van der Waals surface area contributed by atoms with Crippen LogP contribution < -0.4 is 20.3 Å². The number of halogens is 1. The molecule has 2 aromatic rings. The number of hydrogen-bond acceptors (Lipinski definition) is 4. The third-order valence-corrected chi connectivity index (χ3v) is 5.74. The standard InChI is InChI=1S/C21H21ClN4O2/c1-13-19(6-8-26(13)17-4-2-15(12-23)18(22)11-17)25-21(27)24-16-3-5-20-14(10-16)7-9-28-20/h2-5,10-11,13,19H,6-9H2,1H3,(H2,24,25,27)/t13-,19+/m0/s1. The molecule has 2 aliphatic heterocycles. The third-order valence-electron chi connectivity index (χ3n) is 5.42. The first-order valence-corrected chi connectivity index (χ1v) is 9.72. The molecule has 0 aromatic heterocycles. The van der Waals surface area contributed by atoms with Crippen molar-refractivity contribution in [1.82, 2.24) is 5.32 Å². The summed E-state index contributed by atoms with van der Waals surface area (Å²) >= 11 is 6.17. The van der Waals surface area contributed by atoms with Crippen LogP contribution in [0.5, 0.6) is 5.75 Å². The molecule has 144 valence electrons. The van der Waals surface area contributed by atoms with E-state index in [9.17, 15) is 4.79 Å². The Labute approximate surface area is 169 Å². The zero-order chi connectivity index (χ0) is 19.7. The van der Waals surface area contributed by atoms with Crippen LogP contribution in [0.4, 0.5) is 16.2 Å². The van der Waals surface area contributed by atoms with Crippen molar-refractivity contribution >= 4 is 29.0 Å². The maximum Gasteiger partial charge on any atom is 0.319 e. The molecule has 0 aliphatic carbocycles. The molecular weight excluding hydrogens is 376 g/mol. The Morgan fingerprint density at radius 2 is 2.18 bits per heavy atom. The molecule has 0 radical (unpaired) electrons. The lowest BCUT2D eigenvalue weighted by molar-refractivity contribution is 0.248. The first-order valence-electron chi connectivity index (χ1n) is 9.34. The fraction of sp³-hybridized carbons (Fsp3) is 0.333. The Kier molecular flexibility index (Phi) is 5.01. The largest absolute Gasteiger partial charge is 0.493 e. The van der Waals surface area contributed by atoms with Gasteiger partial charge in [0.25, 0.3) is 0 Å². The monoisotopic (exact) mass is 396 g/mol. The minimum absolute atomic E-state index is 0.0205. The molecule has 28 heavy (non-hydrogen) atoms. The Morgan fingerprint density at radius 3 is 2.96 bits per heavy atom. The van der Waals surface area contributed by atoms with Gasteiger partial charge < -0.3 is 20.3 Å². The highest BCUT2D eigenvalue weighted by Gasteiger charge is 2.32. The first-order chi connectivity index (χ1) is 13.5. The van der Waals surface area contributed by atoms with E-state index in [0.717, 1.165) is 42.1 Å². The third kappa shape index (κ3) is 3.58. The number of nitriles is 1. The average Bonchev–Trinajstić information content (AvgIpc) is 3.28. The van der Waals surface area contributed by atoms with Crippen molar-refractivity contribution in [1.29, 1.82) is 5.26 Å². The summed E-state index contributed by atoms with van der Waals surface area (Å²) in [6, 6.07) is 13.2. The molecule has 0 unspecified atom stereocenters. The second-order valence-corrected chi connectivity index (χ2v) is 7.53. The van der Waals surface area contributed by atoms with E-state index in [4.69, 9.17) is 21.6 Å². The number of fused-ring (bicyclic) bond motifs is 1. The summed E-state index contributed by atoms with van der Waals surface area (Å²) in [7, 11) is 0. The van der Waals surface area contributed by atoms with E-state index in [-0.39, 0.29) is 18.1 Å². The van der Waals surface area contributed by atoms with Crippen LogP contribution >= 0.6 is 11.6 Å². The van der Waals surface area contributed by atoms with Crippen LogP contribution in [0, 0.1) is 11.3 Å². The second kappa shape index (κ2) is 7.61. The van der Waals surface area contributed by atoms with E-state index in [1.54, 1.807) is 6.07 Å². The smallest absolute Gasteiger partial charge is 0.319 e.